The van der Waals surface area contributed by atoms with Crippen LogP contribution in [0.1, 0.15) is 99.5 Å². The number of nitrogens with zero attached hydrogens (tertiary/aromatic N) is 1. The number of carbonyl (C=O) groups excluding carboxylic acids is 1. The van der Waals surface area contributed by atoms with Crippen LogP contribution in [0, 0.1) is 0 Å². The highest BCUT2D eigenvalue weighted by Gasteiger charge is 2.07. The first-order valence-electron chi connectivity index (χ1n) is 14.6. The van der Waals surface area contributed by atoms with Crippen molar-refractivity contribution in [1.29, 1.82) is 0 Å². The first kappa shape index (κ1) is 30.7. The van der Waals surface area contributed by atoms with Crippen molar-refractivity contribution in [2.45, 2.75) is 78.1 Å². The van der Waals surface area contributed by atoms with E-state index in [2.05, 4.69) is 11.9 Å². The van der Waals surface area contributed by atoms with E-state index in [0.29, 0.717) is 22.5 Å². The summed E-state index contributed by atoms with van der Waals surface area (Å²) in [5.41, 5.74) is 3.31. The van der Waals surface area contributed by atoms with Crippen molar-refractivity contribution in [3.05, 3.63) is 89.5 Å². The van der Waals surface area contributed by atoms with E-state index < -0.39 is 0 Å². The maximum absolute atomic E-state index is 12.6. The van der Waals surface area contributed by atoms with Gasteiger partial charge < -0.3 is 14.9 Å². The van der Waals surface area contributed by atoms with E-state index in [-0.39, 0.29) is 17.3 Å². The zero-order valence-corrected chi connectivity index (χ0v) is 23.9. The van der Waals surface area contributed by atoms with Crippen molar-refractivity contribution in [3.63, 3.8) is 0 Å². The van der Waals surface area contributed by atoms with Gasteiger partial charge in [-0.3, -0.25) is 9.79 Å². The van der Waals surface area contributed by atoms with Gasteiger partial charge >= 0.3 is 0 Å². The number of aromatic hydroxyl groups is 2. The highest BCUT2D eigenvalue weighted by molar-refractivity contribution is 6.07. The van der Waals surface area contributed by atoms with Crippen LogP contribution in [-0.4, -0.2) is 28.3 Å². The molecule has 0 saturated carbocycles. The summed E-state index contributed by atoms with van der Waals surface area (Å²) in [4.78, 5) is 17.2. The van der Waals surface area contributed by atoms with Crippen LogP contribution < -0.4 is 4.74 Å². The second kappa shape index (κ2) is 17.0. The lowest BCUT2D eigenvalue weighted by Gasteiger charge is -2.06. The number of ketones is 1. The first-order chi connectivity index (χ1) is 19.5. The van der Waals surface area contributed by atoms with Gasteiger partial charge in [0.2, 0.25) is 0 Å². The Balaban J connectivity index is 1.39. The molecule has 0 saturated heterocycles. The van der Waals surface area contributed by atoms with Crippen molar-refractivity contribution in [1.82, 2.24) is 0 Å². The minimum atomic E-state index is -0.0929. The lowest BCUT2D eigenvalue weighted by atomic mass is 10.1. The molecule has 0 amide bonds. The summed E-state index contributed by atoms with van der Waals surface area (Å²) >= 11 is 0. The molecule has 0 bridgehead atoms. The predicted molar refractivity (Wildman–Crippen MR) is 165 cm³/mol. The Hall–Kier alpha value is -3.86. The van der Waals surface area contributed by atoms with Crippen molar-refractivity contribution in [2.75, 3.05) is 6.61 Å². The Morgan fingerprint density at radius 2 is 1.43 bits per heavy atom. The van der Waals surface area contributed by atoms with Gasteiger partial charge in [-0.2, -0.15) is 0 Å². The lowest BCUT2D eigenvalue weighted by Crippen LogP contribution is -1.97. The zero-order chi connectivity index (χ0) is 28.6. The number of ether oxygens (including phenoxy) is 1. The number of unbranched alkanes of at least 4 members (excludes halogenated alkanes) is 9. The van der Waals surface area contributed by atoms with Crippen molar-refractivity contribution >= 4 is 23.3 Å². The number of aliphatic imine (C=N–C) groups is 1. The first-order valence-corrected chi connectivity index (χ1v) is 14.6. The third-order valence-electron chi connectivity index (χ3n) is 6.89. The number of carbonyl (C=O) groups is 1. The van der Waals surface area contributed by atoms with Gasteiger partial charge in [0.25, 0.3) is 0 Å². The van der Waals surface area contributed by atoms with Gasteiger partial charge in [0.1, 0.15) is 17.2 Å². The lowest BCUT2D eigenvalue weighted by molar-refractivity contribution is 0.104. The molecule has 0 fully saturated rings. The number of allylic oxidation sites excluding steroid dienone is 1. The SMILES string of the molecule is CCCCCCCCCCCCOc1ccc(/C=C/C(=O)c2ccc(N=C(C)c3ccc(O)cc3O)cc2)cc1. The summed E-state index contributed by atoms with van der Waals surface area (Å²) in [6.07, 6.45) is 16.5. The van der Waals surface area contributed by atoms with Gasteiger partial charge in [0.15, 0.2) is 5.78 Å². The third kappa shape index (κ3) is 10.7. The van der Waals surface area contributed by atoms with Gasteiger partial charge in [-0.05, 0) is 73.5 Å². The van der Waals surface area contributed by atoms with E-state index >= 15 is 0 Å². The number of hydrogen-bond acceptors (Lipinski definition) is 5. The Bertz CT molecular complexity index is 1240. The molecule has 0 radical (unpaired) electrons. The van der Waals surface area contributed by atoms with Gasteiger partial charge in [-0.15, -0.1) is 0 Å². The summed E-state index contributed by atoms with van der Waals surface area (Å²) in [5.74, 6) is 0.719. The Morgan fingerprint density at radius 3 is 2.05 bits per heavy atom. The van der Waals surface area contributed by atoms with Crippen LogP contribution in [0.4, 0.5) is 5.69 Å². The zero-order valence-electron chi connectivity index (χ0n) is 23.9. The second-order valence-corrected chi connectivity index (χ2v) is 10.2. The number of phenolic OH excluding ortho intramolecular Hbond substituents is 2. The molecular weight excluding hydrogens is 498 g/mol. The fraction of sp³-hybridized carbons (Fsp3) is 0.371. The van der Waals surface area contributed by atoms with Gasteiger partial charge in [0, 0.05) is 22.9 Å². The minimum absolute atomic E-state index is 0.00571. The quantitative estimate of drug-likeness (QED) is 0.0772. The predicted octanol–water partition coefficient (Wildman–Crippen LogP) is 9.43. The summed E-state index contributed by atoms with van der Waals surface area (Å²) in [6, 6.07) is 19.2. The minimum Gasteiger partial charge on any atom is -0.508 e. The van der Waals surface area contributed by atoms with E-state index in [0.717, 1.165) is 24.3 Å². The van der Waals surface area contributed by atoms with Crippen LogP contribution in [-0.2, 0) is 0 Å². The molecule has 0 unspecified atom stereocenters. The average Bonchev–Trinajstić information content (AvgIpc) is 2.95. The molecule has 0 aliphatic carbocycles. The highest BCUT2D eigenvalue weighted by Crippen LogP contribution is 2.25. The molecule has 5 heteroatoms. The summed E-state index contributed by atoms with van der Waals surface area (Å²) in [7, 11) is 0. The van der Waals surface area contributed by atoms with E-state index in [1.165, 1.54) is 69.9 Å². The van der Waals surface area contributed by atoms with Gasteiger partial charge in [-0.1, -0.05) is 82.9 Å². The summed E-state index contributed by atoms with van der Waals surface area (Å²) < 4.78 is 5.88. The van der Waals surface area contributed by atoms with Crippen LogP contribution in [0.15, 0.2) is 77.8 Å². The molecule has 212 valence electrons. The maximum atomic E-state index is 12.6. The molecule has 0 aliphatic heterocycles. The average molecular weight is 542 g/mol. The number of benzene rings is 3. The van der Waals surface area contributed by atoms with Gasteiger partial charge in [0.05, 0.1) is 12.3 Å². The van der Waals surface area contributed by atoms with Crippen LogP contribution in [0.2, 0.25) is 0 Å². The number of rotatable bonds is 17. The maximum Gasteiger partial charge on any atom is 0.185 e. The van der Waals surface area contributed by atoms with Crippen LogP contribution in [0.25, 0.3) is 6.08 Å². The number of phenols is 2. The fourth-order valence-electron chi connectivity index (χ4n) is 4.50. The van der Waals surface area contributed by atoms with E-state index in [4.69, 9.17) is 4.74 Å². The topological polar surface area (TPSA) is 79.1 Å². The molecule has 0 aliphatic rings. The normalized spacial score (nSPS) is 11.7. The molecule has 3 rings (SSSR count). The molecule has 0 aromatic heterocycles. The molecule has 5 nitrogen and oxygen atoms in total. The van der Waals surface area contributed by atoms with E-state index in [9.17, 15) is 15.0 Å². The molecule has 0 heterocycles. The molecule has 0 atom stereocenters. The Kier molecular flexibility index (Phi) is 13.0. The summed E-state index contributed by atoms with van der Waals surface area (Å²) in [5, 5.41) is 19.5. The molecule has 3 aromatic rings. The van der Waals surface area contributed by atoms with Crippen molar-refractivity contribution in [3.8, 4) is 17.2 Å². The fourth-order valence-corrected chi connectivity index (χ4v) is 4.50. The van der Waals surface area contributed by atoms with Crippen LogP contribution in [0.3, 0.4) is 0 Å². The van der Waals surface area contributed by atoms with Crippen molar-refractivity contribution < 1.29 is 19.7 Å². The van der Waals surface area contributed by atoms with Gasteiger partial charge in [-0.25, -0.2) is 0 Å². The Labute approximate surface area is 239 Å². The van der Waals surface area contributed by atoms with E-state index in [1.54, 1.807) is 49.4 Å². The molecule has 3 aromatic carbocycles. The summed E-state index contributed by atoms with van der Waals surface area (Å²) in [6.45, 7) is 4.77. The smallest absolute Gasteiger partial charge is 0.185 e. The highest BCUT2D eigenvalue weighted by atomic mass is 16.5. The monoisotopic (exact) mass is 541 g/mol. The third-order valence-corrected chi connectivity index (χ3v) is 6.89. The molecular formula is C35H43NO4. The van der Waals surface area contributed by atoms with Crippen LogP contribution >= 0.6 is 0 Å². The molecule has 40 heavy (non-hydrogen) atoms. The second-order valence-electron chi connectivity index (χ2n) is 10.2. The number of hydrogen-bond donors (Lipinski definition) is 2. The standard InChI is InChI=1S/C35H43NO4/c1-3-4-5-6-7-8-9-10-11-12-25-40-32-21-13-28(14-22-32)15-24-34(38)29-16-18-30(19-17-29)36-27(2)33-23-20-31(37)26-35(33)39/h13-24,26,37,39H,3-12,25H2,1-2H3/b24-15+,36-27?. The van der Waals surface area contributed by atoms with Crippen molar-refractivity contribution in [2.24, 2.45) is 4.99 Å². The largest absolute Gasteiger partial charge is 0.508 e. The molecule has 2 N–H and O–H groups in total. The van der Waals surface area contributed by atoms with Crippen LogP contribution in [0.5, 0.6) is 17.2 Å². The molecule has 0 spiro atoms. The van der Waals surface area contributed by atoms with E-state index in [1.807, 2.05) is 24.3 Å². The Morgan fingerprint density at radius 1 is 0.800 bits per heavy atom.